The molecule has 116 valence electrons. The van der Waals surface area contributed by atoms with Crippen LogP contribution in [0.5, 0.6) is 0 Å². The van der Waals surface area contributed by atoms with E-state index in [0.29, 0.717) is 19.6 Å². The maximum Gasteiger partial charge on any atom is 0.326 e. The molecule has 1 unspecified atom stereocenters. The highest BCUT2D eigenvalue weighted by molar-refractivity contribution is 5.79. The van der Waals surface area contributed by atoms with Gasteiger partial charge in [0.25, 0.3) is 0 Å². The summed E-state index contributed by atoms with van der Waals surface area (Å²) >= 11 is 0. The predicted octanol–water partition coefficient (Wildman–Crippen LogP) is 0.949. The highest BCUT2D eigenvalue weighted by Crippen LogP contribution is 2.28. The van der Waals surface area contributed by atoms with Crippen LogP contribution in [0.25, 0.3) is 0 Å². The van der Waals surface area contributed by atoms with Gasteiger partial charge in [-0.25, -0.2) is 0 Å². The second-order valence-electron chi connectivity index (χ2n) is 5.93. The molecule has 1 aromatic rings. The number of carboxylic acid groups (broad SMARTS) is 1. The summed E-state index contributed by atoms with van der Waals surface area (Å²) in [6, 6.07) is 1.97. The number of furan rings is 1. The molecule has 6 heteroatoms. The van der Waals surface area contributed by atoms with Crippen molar-refractivity contribution in [2.75, 3.05) is 39.4 Å². The number of carboxylic acids is 1. The monoisotopic (exact) mass is 294 g/mol. The molecule has 2 saturated heterocycles. The van der Waals surface area contributed by atoms with Crippen molar-refractivity contribution in [3.8, 4) is 0 Å². The van der Waals surface area contributed by atoms with Gasteiger partial charge in [-0.2, -0.15) is 0 Å². The zero-order chi connectivity index (χ0) is 14.9. The fraction of sp³-hybridized carbons (Fsp3) is 0.667. The van der Waals surface area contributed by atoms with Gasteiger partial charge in [-0.15, -0.1) is 0 Å². The maximum absolute atomic E-state index is 11.7. The van der Waals surface area contributed by atoms with Crippen LogP contribution in [0.4, 0.5) is 0 Å². The van der Waals surface area contributed by atoms with Crippen molar-refractivity contribution in [1.29, 1.82) is 0 Å². The van der Waals surface area contributed by atoms with E-state index in [0.717, 1.165) is 38.5 Å². The molecule has 2 fully saturated rings. The summed E-state index contributed by atoms with van der Waals surface area (Å²) in [4.78, 5) is 16.0. The van der Waals surface area contributed by atoms with Crippen molar-refractivity contribution < 1.29 is 19.1 Å². The van der Waals surface area contributed by atoms with E-state index in [4.69, 9.17) is 9.15 Å². The molecule has 0 saturated carbocycles. The number of nitrogens with zero attached hydrogens (tertiary/aromatic N) is 2. The summed E-state index contributed by atoms with van der Waals surface area (Å²) in [5.74, 6) is 0.246. The van der Waals surface area contributed by atoms with E-state index in [1.807, 2.05) is 13.0 Å². The predicted molar refractivity (Wildman–Crippen MR) is 76.1 cm³/mol. The van der Waals surface area contributed by atoms with Crippen LogP contribution in [0.2, 0.25) is 0 Å². The highest BCUT2D eigenvalue weighted by atomic mass is 16.5. The summed E-state index contributed by atoms with van der Waals surface area (Å²) in [5.41, 5.74) is 0.357. The molecule has 0 spiro atoms. The molecule has 0 aliphatic carbocycles. The Labute approximate surface area is 124 Å². The Morgan fingerprint density at radius 2 is 2.14 bits per heavy atom. The van der Waals surface area contributed by atoms with Crippen LogP contribution >= 0.6 is 0 Å². The molecule has 1 atom stereocenters. The third kappa shape index (κ3) is 2.71. The Kier molecular flexibility index (Phi) is 4.01. The number of piperazine rings is 1. The molecule has 0 amide bonds. The van der Waals surface area contributed by atoms with Gasteiger partial charge in [0.15, 0.2) is 0 Å². The lowest BCUT2D eigenvalue weighted by atomic mass is 9.95. The molecular formula is C15H22N2O4. The van der Waals surface area contributed by atoms with Gasteiger partial charge in [0.2, 0.25) is 0 Å². The van der Waals surface area contributed by atoms with Crippen LogP contribution in [0, 0.1) is 6.92 Å². The van der Waals surface area contributed by atoms with Gasteiger partial charge < -0.3 is 14.3 Å². The van der Waals surface area contributed by atoms with Gasteiger partial charge in [-0.05, 0) is 18.6 Å². The summed E-state index contributed by atoms with van der Waals surface area (Å²) in [7, 11) is 0. The second kappa shape index (κ2) is 5.79. The average molecular weight is 294 g/mol. The van der Waals surface area contributed by atoms with Crippen LogP contribution < -0.4 is 0 Å². The minimum absolute atomic E-state index is 0.305. The van der Waals surface area contributed by atoms with Gasteiger partial charge in [0.05, 0.1) is 19.4 Å². The van der Waals surface area contributed by atoms with Gasteiger partial charge in [0.1, 0.15) is 11.3 Å². The summed E-state index contributed by atoms with van der Waals surface area (Å²) in [6.45, 7) is 6.92. The topological polar surface area (TPSA) is 66.2 Å². The number of aliphatic carboxylic acids is 1. The molecule has 2 aliphatic heterocycles. The minimum Gasteiger partial charge on any atom is -0.480 e. The molecule has 3 heterocycles. The van der Waals surface area contributed by atoms with E-state index in [2.05, 4.69) is 9.80 Å². The van der Waals surface area contributed by atoms with E-state index in [1.54, 1.807) is 6.26 Å². The molecule has 3 rings (SSSR count). The zero-order valence-corrected chi connectivity index (χ0v) is 12.4. The number of carbonyl (C=O) groups is 1. The Balaban J connectivity index is 1.60. The molecule has 21 heavy (non-hydrogen) atoms. The number of rotatable bonds is 4. The molecule has 6 nitrogen and oxygen atoms in total. The minimum atomic E-state index is -0.813. The first kappa shape index (κ1) is 14.6. The molecule has 0 bridgehead atoms. The average Bonchev–Trinajstić information content (AvgIpc) is 3.11. The smallest absolute Gasteiger partial charge is 0.326 e. The van der Waals surface area contributed by atoms with Gasteiger partial charge in [-0.3, -0.25) is 14.6 Å². The standard InChI is InChI=1S/C15H22N2O4/c1-12-2-8-21-13(12)10-16-4-6-17(7-5-16)15(14(18)19)3-9-20-11-15/h2,8H,3-7,9-11H2,1H3,(H,18,19). The number of hydrogen-bond acceptors (Lipinski definition) is 5. The largest absolute Gasteiger partial charge is 0.480 e. The summed E-state index contributed by atoms with van der Waals surface area (Å²) in [6.07, 6.45) is 2.30. The van der Waals surface area contributed by atoms with Crippen molar-refractivity contribution in [3.05, 3.63) is 23.7 Å². The van der Waals surface area contributed by atoms with E-state index in [-0.39, 0.29) is 0 Å². The van der Waals surface area contributed by atoms with Crippen LogP contribution in [-0.2, 0) is 16.1 Å². The van der Waals surface area contributed by atoms with E-state index >= 15 is 0 Å². The van der Waals surface area contributed by atoms with Crippen molar-refractivity contribution in [2.24, 2.45) is 0 Å². The number of ether oxygens (including phenoxy) is 1. The Morgan fingerprint density at radius 3 is 2.67 bits per heavy atom. The van der Waals surface area contributed by atoms with Gasteiger partial charge in [-0.1, -0.05) is 0 Å². The Morgan fingerprint density at radius 1 is 1.38 bits per heavy atom. The van der Waals surface area contributed by atoms with Crippen molar-refractivity contribution >= 4 is 5.97 Å². The normalized spacial score (nSPS) is 28.0. The molecule has 1 N–H and O–H groups in total. The summed E-state index contributed by atoms with van der Waals surface area (Å²) < 4.78 is 10.8. The number of hydrogen-bond donors (Lipinski definition) is 1. The van der Waals surface area contributed by atoms with Crippen molar-refractivity contribution in [1.82, 2.24) is 9.80 Å². The third-order valence-corrected chi connectivity index (χ3v) is 4.71. The number of aryl methyl sites for hydroxylation is 1. The van der Waals surface area contributed by atoms with Crippen LogP contribution in [0.1, 0.15) is 17.7 Å². The summed E-state index contributed by atoms with van der Waals surface area (Å²) in [5, 5.41) is 9.58. The van der Waals surface area contributed by atoms with Crippen molar-refractivity contribution in [3.63, 3.8) is 0 Å². The Bertz CT molecular complexity index is 500. The quantitative estimate of drug-likeness (QED) is 0.892. The first-order valence-electron chi connectivity index (χ1n) is 7.43. The lowest BCUT2D eigenvalue weighted by molar-refractivity contribution is -0.153. The fourth-order valence-electron chi connectivity index (χ4n) is 3.21. The van der Waals surface area contributed by atoms with Gasteiger partial charge in [0, 0.05) is 39.2 Å². The van der Waals surface area contributed by atoms with E-state index in [1.165, 1.54) is 5.56 Å². The molecule has 0 radical (unpaired) electrons. The van der Waals surface area contributed by atoms with E-state index < -0.39 is 11.5 Å². The fourth-order valence-corrected chi connectivity index (χ4v) is 3.21. The molecule has 0 aromatic carbocycles. The maximum atomic E-state index is 11.7. The van der Waals surface area contributed by atoms with Gasteiger partial charge >= 0.3 is 5.97 Å². The molecule has 1 aromatic heterocycles. The third-order valence-electron chi connectivity index (χ3n) is 4.71. The van der Waals surface area contributed by atoms with Crippen LogP contribution in [0.15, 0.2) is 16.7 Å². The Hall–Kier alpha value is -1.37. The van der Waals surface area contributed by atoms with Crippen LogP contribution in [0.3, 0.4) is 0 Å². The highest BCUT2D eigenvalue weighted by Gasteiger charge is 2.48. The first-order chi connectivity index (χ1) is 10.1. The zero-order valence-electron chi connectivity index (χ0n) is 12.4. The van der Waals surface area contributed by atoms with Crippen molar-refractivity contribution in [2.45, 2.75) is 25.4 Å². The lowest BCUT2D eigenvalue weighted by Gasteiger charge is -2.42. The second-order valence-corrected chi connectivity index (χ2v) is 5.93. The first-order valence-corrected chi connectivity index (χ1v) is 7.43. The SMILES string of the molecule is Cc1ccoc1CN1CCN(C2(C(=O)O)CCOC2)CC1. The molecule has 2 aliphatic rings. The molecular weight excluding hydrogens is 272 g/mol. The lowest BCUT2D eigenvalue weighted by Crippen LogP contribution is -2.61. The van der Waals surface area contributed by atoms with E-state index in [9.17, 15) is 9.90 Å². The van der Waals surface area contributed by atoms with Crippen LogP contribution in [-0.4, -0.2) is 65.8 Å².